The number of nitrogens with zero attached hydrogens (tertiary/aromatic N) is 3. The van der Waals surface area contributed by atoms with Gasteiger partial charge in [0.05, 0.1) is 12.8 Å². The first-order chi connectivity index (χ1) is 16.5. The Labute approximate surface area is 199 Å². The van der Waals surface area contributed by atoms with Crippen LogP contribution in [0, 0.1) is 6.92 Å². The SMILES string of the molecule is C=CCCc1nc(=O)c(C(=O)N2CC[C@H](c3ccccc3)C2)c(O)n1-c1c(C)cccc1OC. The van der Waals surface area contributed by atoms with Crippen LogP contribution in [0.15, 0.2) is 66.0 Å². The third-order valence-corrected chi connectivity index (χ3v) is 6.31. The van der Waals surface area contributed by atoms with Gasteiger partial charge in [0.1, 0.15) is 11.6 Å². The molecule has 7 nitrogen and oxygen atoms in total. The first kappa shape index (κ1) is 23.3. The topological polar surface area (TPSA) is 84.7 Å². The average Bonchev–Trinajstić information content (AvgIpc) is 3.34. The second-order valence-electron chi connectivity index (χ2n) is 8.47. The highest BCUT2D eigenvalue weighted by molar-refractivity contribution is 5.96. The third-order valence-electron chi connectivity index (χ3n) is 6.31. The fourth-order valence-corrected chi connectivity index (χ4v) is 4.56. The van der Waals surface area contributed by atoms with Crippen molar-refractivity contribution in [1.29, 1.82) is 0 Å². The number of benzene rings is 2. The molecule has 1 fully saturated rings. The fraction of sp³-hybridized carbons (Fsp3) is 0.296. The molecule has 1 N–H and O–H groups in total. The average molecular weight is 460 g/mol. The number of carbonyl (C=O) groups is 1. The Kier molecular flexibility index (Phi) is 6.82. The molecule has 2 heterocycles. The van der Waals surface area contributed by atoms with E-state index < -0.39 is 17.3 Å². The highest BCUT2D eigenvalue weighted by Crippen LogP contribution is 2.33. The number of amides is 1. The number of allylic oxidation sites excluding steroid dienone is 1. The lowest BCUT2D eigenvalue weighted by Crippen LogP contribution is -2.35. The highest BCUT2D eigenvalue weighted by Gasteiger charge is 2.33. The molecule has 1 atom stereocenters. The summed E-state index contributed by atoms with van der Waals surface area (Å²) in [5, 5.41) is 11.4. The molecule has 0 radical (unpaired) electrons. The quantitative estimate of drug-likeness (QED) is 0.540. The summed E-state index contributed by atoms with van der Waals surface area (Å²) in [7, 11) is 1.54. The summed E-state index contributed by atoms with van der Waals surface area (Å²) < 4.78 is 7.00. The summed E-state index contributed by atoms with van der Waals surface area (Å²) in [5.74, 6) is 0.107. The molecule has 34 heavy (non-hydrogen) atoms. The van der Waals surface area contributed by atoms with Gasteiger partial charge < -0.3 is 14.7 Å². The predicted octanol–water partition coefficient (Wildman–Crippen LogP) is 4.00. The molecule has 0 aliphatic carbocycles. The molecule has 1 aliphatic rings. The number of para-hydroxylation sites is 1. The van der Waals surface area contributed by atoms with Crippen molar-refractivity contribution in [2.75, 3.05) is 20.2 Å². The minimum absolute atomic E-state index is 0.186. The van der Waals surface area contributed by atoms with Crippen molar-refractivity contribution in [1.82, 2.24) is 14.5 Å². The van der Waals surface area contributed by atoms with E-state index in [1.807, 2.05) is 49.4 Å². The molecular weight excluding hydrogens is 430 g/mol. The Morgan fingerprint density at radius 3 is 2.71 bits per heavy atom. The summed E-state index contributed by atoms with van der Waals surface area (Å²) in [6.45, 7) is 6.60. The first-order valence-electron chi connectivity index (χ1n) is 11.4. The molecule has 0 unspecified atom stereocenters. The lowest BCUT2D eigenvalue weighted by molar-refractivity contribution is 0.0784. The van der Waals surface area contributed by atoms with E-state index in [1.165, 1.54) is 11.7 Å². The van der Waals surface area contributed by atoms with Gasteiger partial charge in [0.25, 0.3) is 11.5 Å². The summed E-state index contributed by atoms with van der Waals surface area (Å²) >= 11 is 0. The van der Waals surface area contributed by atoms with Gasteiger partial charge in [0.2, 0.25) is 5.88 Å². The fourth-order valence-electron chi connectivity index (χ4n) is 4.56. The maximum absolute atomic E-state index is 13.5. The number of rotatable bonds is 7. The smallest absolute Gasteiger partial charge is 0.289 e. The first-order valence-corrected chi connectivity index (χ1v) is 11.4. The molecule has 4 rings (SSSR count). The van der Waals surface area contributed by atoms with Gasteiger partial charge in [-0.15, -0.1) is 6.58 Å². The van der Waals surface area contributed by atoms with Crippen LogP contribution in [0.4, 0.5) is 0 Å². The number of likely N-dealkylation sites (tertiary alicyclic amines) is 1. The number of carbonyl (C=O) groups excluding carboxylic acids is 1. The van der Waals surface area contributed by atoms with Gasteiger partial charge in [0.15, 0.2) is 5.56 Å². The van der Waals surface area contributed by atoms with Crippen molar-refractivity contribution in [3.8, 4) is 17.3 Å². The molecule has 1 saturated heterocycles. The second-order valence-corrected chi connectivity index (χ2v) is 8.47. The molecule has 3 aromatic rings. The molecular formula is C27H29N3O4. The largest absolute Gasteiger partial charge is 0.495 e. The van der Waals surface area contributed by atoms with Gasteiger partial charge in [0, 0.05) is 25.4 Å². The van der Waals surface area contributed by atoms with Gasteiger partial charge >= 0.3 is 0 Å². The number of aryl methyl sites for hydroxylation is 2. The summed E-state index contributed by atoms with van der Waals surface area (Å²) in [5.41, 5.74) is 1.47. The monoisotopic (exact) mass is 459 g/mol. The van der Waals surface area contributed by atoms with E-state index in [9.17, 15) is 14.7 Å². The molecule has 0 spiro atoms. The van der Waals surface area contributed by atoms with E-state index in [4.69, 9.17) is 4.74 Å². The van der Waals surface area contributed by atoms with Crippen molar-refractivity contribution in [3.05, 3.63) is 94.1 Å². The van der Waals surface area contributed by atoms with Gasteiger partial charge in [-0.05, 0) is 37.0 Å². The van der Waals surface area contributed by atoms with Crippen LogP contribution in [-0.4, -0.2) is 45.7 Å². The van der Waals surface area contributed by atoms with Crippen LogP contribution in [-0.2, 0) is 6.42 Å². The molecule has 1 amide bonds. The zero-order valence-corrected chi connectivity index (χ0v) is 19.5. The maximum atomic E-state index is 13.5. The minimum atomic E-state index is -0.728. The Hall–Kier alpha value is -3.87. The van der Waals surface area contributed by atoms with E-state index in [-0.39, 0.29) is 11.5 Å². The van der Waals surface area contributed by atoms with Crippen LogP contribution in [0.2, 0.25) is 0 Å². The van der Waals surface area contributed by atoms with E-state index in [2.05, 4.69) is 11.6 Å². The summed E-state index contributed by atoms with van der Waals surface area (Å²) in [6.07, 6.45) is 3.44. The number of aromatic hydroxyl groups is 1. The molecule has 1 aliphatic heterocycles. The van der Waals surface area contributed by atoms with Crippen molar-refractivity contribution < 1.29 is 14.6 Å². The van der Waals surface area contributed by atoms with Gasteiger partial charge in [-0.25, -0.2) is 0 Å². The van der Waals surface area contributed by atoms with Crippen LogP contribution in [0.3, 0.4) is 0 Å². The Morgan fingerprint density at radius 2 is 2.00 bits per heavy atom. The van der Waals surface area contributed by atoms with Crippen LogP contribution in [0.1, 0.15) is 46.1 Å². The van der Waals surface area contributed by atoms with Gasteiger partial charge in [-0.1, -0.05) is 48.5 Å². The number of hydrogen-bond acceptors (Lipinski definition) is 5. The number of hydrogen-bond donors (Lipinski definition) is 1. The second kappa shape index (κ2) is 9.95. The molecule has 176 valence electrons. The van der Waals surface area contributed by atoms with Crippen molar-refractivity contribution in [3.63, 3.8) is 0 Å². The van der Waals surface area contributed by atoms with E-state index in [0.29, 0.717) is 43.2 Å². The summed E-state index contributed by atoms with van der Waals surface area (Å²) in [4.78, 5) is 32.3. The van der Waals surface area contributed by atoms with E-state index >= 15 is 0 Å². The number of methoxy groups -OCH3 is 1. The van der Waals surface area contributed by atoms with Crippen molar-refractivity contribution >= 4 is 5.91 Å². The van der Waals surface area contributed by atoms with Gasteiger partial charge in [-0.2, -0.15) is 4.98 Å². The minimum Gasteiger partial charge on any atom is -0.495 e. The van der Waals surface area contributed by atoms with Crippen LogP contribution < -0.4 is 10.3 Å². The van der Waals surface area contributed by atoms with Crippen LogP contribution in [0.5, 0.6) is 11.6 Å². The molecule has 0 saturated carbocycles. The normalized spacial score (nSPS) is 15.4. The predicted molar refractivity (Wildman–Crippen MR) is 131 cm³/mol. The van der Waals surface area contributed by atoms with Crippen molar-refractivity contribution in [2.24, 2.45) is 0 Å². The van der Waals surface area contributed by atoms with Crippen LogP contribution >= 0.6 is 0 Å². The van der Waals surface area contributed by atoms with Crippen LogP contribution in [0.25, 0.3) is 5.69 Å². The Balaban J connectivity index is 1.79. The van der Waals surface area contributed by atoms with E-state index in [0.717, 1.165) is 17.5 Å². The van der Waals surface area contributed by atoms with Crippen molar-refractivity contribution in [2.45, 2.75) is 32.1 Å². The molecule has 2 aromatic carbocycles. The summed E-state index contributed by atoms with van der Waals surface area (Å²) in [6, 6.07) is 15.5. The van der Waals surface area contributed by atoms with E-state index in [1.54, 1.807) is 17.0 Å². The zero-order chi connectivity index (χ0) is 24.2. The number of ether oxygens (including phenoxy) is 1. The lowest BCUT2D eigenvalue weighted by atomic mass is 9.99. The Morgan fingerprint density at radius 1 is 1.24 bits per heavy atom. The highest BCUT2D eigenvalue weighted by atomic mass is 16.5. The lowest BCUT2D eigenvalue weighted by Gasteiger charge is -2.22. The van der Waals surface area contributed by atoms with Gasteiger partial charge in [-0.3, -0.25) is 14.2 Å². The zero-order valence-electron chi connectivity index (χ0n) is 19.5. The Bertz CT molecular complexity index is 1270. The molecule has 7 heteroatoms. The number of aromatic nitrogens is 2. The standard InChI is InChI=1S/C27H29N3O4/c1-4-5-14-22-28-25(31)23(27(33)30(22)24-18(2)10-9-13-21(24)34-3)26(32)29-16-15-20(17-29)19-11-7-6-8-12-19/h4,6-13,20,33H,1,5,14-17H2,2-3H3/t20-/m0/s1. The third kappa shape index (κ3) is 4.33. The maximum Gasteiger partial charge on any atom is 0.289 e. The molecule has 0 bridgehead atoms. The molecule has 1 aromatic heterocycles.